The fourth-order valence-corrected chi connectivity index (χ4v) is 3.61. The molecule has 0 radical (unpaired) electrons. The molecule has 0 amide bonds. The van der Waals surface area contributed by atoms with E-state index in [2.05, 4.69) is 51.7 Å². The van der Waals surface area contributed by atoms with E-state index >= 15 is 0 Å². The number of ether oxygens (including phenoxy) is 2. The molecule has 0 aromatic heterocycles. The van der Waals surface area contributed by atoms with Crippen LogP contribution in [0.25, 0.3) is 0 Å². The average Bonchev–Trinajstić information content (AvgIpc) is 3.19. The van der Waals surface area contributed by atoms with E-state index < -0.39 is 0 Å². The second kappa shape index (κ2) is 9.35. The van der Waals surface area contributed by atoms with Gasteiger partial charge in [0.25, 0.3) is 0 Å². The van der Waals surface area contributed by atoms with Gasteiger partial charge in [-0.15, -0.1) is 0 Å². The third-order valence-corrected chi connectivity index (χ3v) is 5.10. The Morgan fingerprint density at radius 1 is 1.14 bits per heavy atom. The summed E-state index contributed by atoms with van der Waals surface area (Å²) < 4.78 is 10.8. The monoisotopic (exact) mass is 382 g/mol. The van der Waals surface area contributed by atoms with Gasteiger partial charge in [0.1, 0.15) is 11.5 Å². The zero-order valence-corrected chi connectivity index (χ0v) is 17.2. The number of aryl methyl sites for hydroxylation is 1. The van der Waals surface area contributed by atoms with Gasteiger partial charge in [-0.1, -0.05) is 24.3 Å². The molecule has 2 aromatic rings. The molecule has 3 rings (SSSR count). The lowest BCUT2D eigenvalue weighted by Crippen LogP contribution is -2.44. The molecule has 2 N–H and O–H groups in total. The third kappa shape index (κ3) is 4.68. The molecule has 1 fully saturated rings. The van der Waals surface area contributed by atoms with Crippen molar-refractivity contribution in [1.82, 2.24) is 10.6 Å². The normalized spacial score (nSPS) is 16.8. The molecule has 0 bridgehead atoms. The summed E-state index contributed by atoms with van der Waals surface area (Å²) in [5.41, 5.74) is 3.47. The van der Waals surface area contributed by atoms with Crippen LogP contribution in [0.2, 0.25) is 0 Å². The number of hydrogen-bond acceptors (Lipinski definition) is 4. The van der Waals surface area contributed by atoms with Gasteiger partial charge >= 0.3 is 0 Å². The molecule has 6 heteroatoms. The number of guanidine groups is 1. The molecule has 1 atom stereocenters. The van der Waals surface area contributed by atoms with Crippen molar-refractivity contribution >= 4 is 11.6 Å². The molecule has 2 aromatic carbocycles. The van der Waals surface area contributed by atoms with Crippen molar-refractivity contribution in [2.24, 2.45) is 4.99 Å². The maximum absolute atomic E-state index is 5.50. The molecule has 1 unspecified atom stereocenters. The van der Waals surface area contributed by atoms with Crippen molar-refractivity contribution < 1.29 is 9.47 Å². The van der Waals surface area contributed by atoms with Crippen molar-refractivity contribution in [2.75, 3.05) is 39.3 Å². The number of rotatable bonds is 6. The van der Waals surface area contributed by atoms with Crippen LogP contribution in [0.3, 0.4) is 0 Å². The summed E-state index contributed by atoms with van der Waals surface area (Å²) in [6, 6.07) is 14.7. The first kappa shape index (κ1) is 19.9. The predicted octanol–water partition coefficient (Wildman–Crippen LogP) is 2.96. The number of hydrogen-bond donors (Lipinski definition) is 2. The van der Waals surface area contributed by atoms with E-state index in [1.54, 1.807) is 14.2 Å². The first-order valence-corrected chi connectivity index (χ1v) is 9.63. The fourth-order valence-electron chi connectivity index (χ4n) is 3.61. The Hall–Kier alpha value is -2.89. The number of methoxy groups -OCH3 is 2. The second-order valence-electron chi connectivity index (χ2n) is 6.98. The molecule has 0 aliphatic carbocycles. The summed E-state index contributed by atoms with van der Waals surface area (Å²) in [5, 5.41) is 6.95. The average molecular weight is 383 g/mol. The van der Waals surface area contributed by atoms with Gasteiger partial charge in [-0.3, -0.25) is 4.99 Å². The zero-order chi connectivity index (χ0) is 19.9. The van der Waals surface area contributed by atoms with E-state index in [0.717, 1.165) is 48.2 Å². The van der Waals surface area contributed by atoms with E-state index in [1.807, 2.05) is 25.2 Å². The highest BCUT2D eigenvalue weighted by Gasteiger charge is 2.25. The molecule has 6 nitrogen and oxygen atoms in total. The predicted molar refractivity (Wildman–Crippen MR) is 115 cm³/mol. The van der Waals surface area contributed by atoms with Crippen LogP contribution >= 0.6 is 0 Å². The molecule has 150 valence electrons. The standard InChI is InChI=1S/C22H30N4O2/c1-16-13-17(9-10-20(16)27-3)14-24-22(23-2)25-18-11-12-26(15-18)19-7-5-6-8-21(19)28-4/h5-10,13,18H,11-12,14-15H2,1-4H3,(H2,23,24,25). The Bertz CT molecular complexity index is 822. The molecule has 1 saturated heterocycles. The largest absolute Gasteiger partial charge is 0.496 e. The number of anilines is 1. The van der Waals surface area contributed by atoms with Gasteiger partial charge in [0.05, 0.1) is 19.9 Å². The first-order valence-electron chi connectivity index (χ1n) is 9.63. The topological polar surface area (TPSA) is 58.1 Å². The lowest BCUT2D eigenvalue weighted by atomic mass is 10.1. The Kier molecular flexibility index (Phi) is 6.63. The van der Waals surface area contributed by atoms with Crippen LogP contribution in [0.4, 0.5) is 5.69 Å². The Balaban J connectivity index is 1.55. The van der Waals surface area contributed by atoms with E-state index in [-0.39, 0.29) is 0 Å². The van der Waals surface area contributed by atoms with E-state index in [1.165, 1.54) is 5.56 Å². The SMILES string of the molecule is CN=C(NCc1ccc(OC)c(C)c1)NC1CCN(c2ccccc2OC)C1. The van der Waals surface area contributed by atoms with Crippen molar-refractivity contribution in [3.63, 3.8) is 0 Å². The van der Waals surface area contributed by atoms with Crippen molar-refractivity contribution in [3.05, 3.63) is 53.6 Å². The molecule has 0 saturated carbocycles. The van der Waals surface area contributed by atoms with Crippen molar-refractivity contribution in [2.45, 2.75) is 25.9 Å². The van der Waals surface area contributed by atoms with Crippen molar-refractivity contribution in [1.29, 1.82) is 0 Å². The number of para-hydroxylation sites is 2. The third-order valence-electron chi connectivity index (χ3n) is 5.10. The molecule has 0 spiro atoms. The zero-order valence-electron chi connectivity index (χ0n) is 17.2. The van der Waals surface area contributed by atoms with Crippen LogP contribution < -0.4 is 25.0 Å². The van der Waals surface area contributed by atoms with Crippen LogP contribution in [-0.2, 0) is 6.54 Å². The Morgan fingerprint density at radius 3 is 2.64 bits per heavy atom. The number of benzene rings is 2. The van der Waals surface area contributed by atoms with Gasteiger partial charge in [0, 0.05) is 32.7 Å². The van der Waals surface area contributed by atoms with E-state index in [0.29, 0.717) is 12.6 Å². The Labute approximate surface area is 167 Å². The minimum atomic E-state index is 0.341. The van der Waals surface area contributed by atoms with Crippen molar-refractivity contribution in [3.8, 4) is 11.5 Å². The maximum Gasteiger partial charge on any atom is 0.191 e. The molecule has 1 aliphatic rings. The van der Waals surface area contributed by atoms with Gasteiger partial charge in [0.15, 0.2) is 5.96 Å². The van der Waals surface area contributed by atoms with Gasteiger partial charge < -0.3 is 25.0 Å². The quantitative estimate of drug-likeness (QED) is 0.594. The summed E-state index contributed by atoms with van der Waals surface area (Å²) in [5.74, 6) is 2.65. The minimum Gasteiger partial charge on any atom is -0.496 e. The lowest BCUT2D eigenvalue weighted by Gasteiger charge is -2.22. The van der Waals surface area contributed by atoms with Crippen LogP contribution in [0.5, 0.6) is 11.5 Å². The maximum atomic E-state index is 5.50. The van der Waals surface area contributed by atoms with Crippen LogP contribution in [0, 0.1) is 6.92 Å². The summed E-state index contributed by atoms with van der Waals surface area (Å²) in [7, 11) is 5.22. The van der Waals surface area contributed by atoms with Gasteiger partial charge in [0.2, 0.25) is 0 Å². The first-order chi connectivity index (χ1) is 13.6. The second-order valence-corrected chi connectivity index (χ2v) is 6.98. The summed E-state index contributed by atoms with van der Waals surface area (Å²) in [6.07, 6.45) is 1.06. The Morgan fingerprint density at radius 2 is 1.93 bits per heavy atom. The highest BCUT2D eigenvalue weighted by molar-refractivity contribution is 5.80. The highest BCUT2D eigenvalue weighted by atomic mass is 16.5. The summed E-state index contributed by atoms with van der Waals surface area (Å²) in [4.78, 5) is 6.74. The minimum absolute atomic E-state index is 0.341. The number of nitrogens with one attached hydrogen (secondary N) is 2. The van der Waals surface area contributed by atoms with Gasteiger partial charge in [-0.05, 0) is 42.7 Å². The smallest absolute Gasteiger partial charge is 0.191 e. The fraction of sp³-hybridized carbons (Fsp3) is 0.409. The molecule has 28 heavy (non-hydrogen) atoms. The molecular weight excluding hydrogens is 352 g/mol. The highest BCUT2D eigenvalue weighted by Crippen LogP contribution is 2.30. The molecule has 1 heterocycles. The lowest BCUT2D eigenvalue weighted by molar-refractivity contribution is 0.411. The van der Waals surface area contributed by atoms with Gasteiger partial charge in [-0.2, -0.15) is 0 Å². The van der Waals surface area contributed by atoms with Crippen LogP contribution in [0.15, 0.2) is 47.5 Å². The van der Waals surface area contributed by atoms with E-state index in [4.69, 9.17) is 9.47 Å². The molecule has 1 aliphatic heterocycles. The van der Waals surface area contributed by atoms with Crippen LogP contribution in [0.1, 0.15) is 17.5 Å². The number of aliphatic imine (C=N–C) groups is 1. The van der Waals surface area contributed by atoms with E-state index in [9.17, 15) is 0 Å². The van der Waals surface area contributed by atoms with Gasteiger partial charge in [-0.25, -0.2) is 0 Å². The molecular formula is C22H30N4O2. The van der Waals surface area contributed by atoms with Crippen LogP contribution in [-0.4, -0.2) is 46.4 Å². The summed E-state index contributed by atoms with van der Waals surface area (Å²) >= 11 is 0. The summed E-state index contributed by atoms with van der Waals surface area (Å²) in [6.45, 7) is 4.68. The number of nitrogens with zero attached hydrogens (tertiary/aromatic N) is 2.